The van der Waals surface area contributed by atoms with E-state index in [4.69, 9.17) is 16.3 Å². The summed E-state index contributed by atoms with van der Waals surface area (Å²) in [6.45, 7) is 0.408. The Morgan fingerprint density at radius 3 is 2.64 bits per heavy atom. The Kier molecular flexibility index (Phi) is 5.50. The molecule has 0 aliphatic carbocycles. The number of fused-ring (bicyclic) bond motifs is 1. The molecule has 1 atom stereocenters. The SMILES string of the molecule is COCc1cc(NC(Cc2ccc(Cl)cc2)c2ccccc2)n2ncnc2n1. The van der Waals surface area contributed by atoms with Crippen LogP contribution in [0.2, 0.25) is 5.02 Å². The van der Waals surface area contributed by atoms with Crippen molar-refractivity contribution in [2.75, 3.05) is 12.4 Å². The second kappa shape index (κ2) is 8.37. The minimum Gasteiger partial charge on any atom is -0.378 e. The lowest BCUT2D eigenvalue weighted by atomic mass is 9.99. The lowest BCUT2D eigenvalue weighted by molar-refractivity contribution is 0.181. The van der Waals surface area contributed by atoms with E-state index in [0.29, 0.717) is 12.4 Å². The largest absolute Gasteiger partial charge is 0.378 e. The predicted octanol–water partition coefficient (Wildman–Crippen LogP) is 4.32. The molecule has 142 valence electrons. The van der Waals surface area contributed by atoms with Crippen LogP contribution in [0.25, 0.3) is 5.78 Å². The minimum atomic E-state index is 0.0348. The zero-order valence-corrected chi connectivity index (χ0v) is 16.2. The van der Waals surface area contributed by atoms with E-state index in [1.807, 2.05) is 48.5 Å². The Balaban J connectivity index is 1.70. The second-order valence-electron chi connectivity index (χ2n) is 6.48. The van der Waals surface area contributed by atoms with Crippen LogP contribution < -0.4 is 5.32 Å². The molecule has 0 amide bonds. The minimum absolute atomic E-state index is 0.0348. The molecule has 4 aromatic rings. The summed E-state index contributed by atoms with van der Waals surface area (Å²) in [7, 11) is 1.65. The first-order chi connectivity index (χ1) is 13.7. The van der Waals surface area contributed by atoms with E-state index < -0.39 is 0 Å². The summed E-state index contributed by atoms with van der Waals surface area (Å²) in [6, 6.07) is 20.2. The maximum atomic E-state index is 6.04. The zero-order valence-electron chi connectivity index (χ0n) is 15.4. The van der Waals surface area contributed by atoms with Crippen molar-refractivity contribution in [3.63, 3.8) is 0 Å². The monoisotopic (exact) mass is 393 g/mol. The average molecular weight is 394 g/mol. The van der Waals surface area contributed by atoms with Gasteiger partial charge < -0.3 is 10.1 Å². The molecule has 0 fully saturated rings. The van der Waals surface area contributed by atoms with Crippen molar-refractivity contribution in [2.45, 2.75) is 19.1 Å². The Hall–Kier alpha value is -2.96. The smallest absolute Gasteiger partial charge is 0.254 e. The van der Waals surface area contributed by atoms with Crippen molar-refractivity contribution in [1.29, 1.82) is 0 Å². The highest BCUT2D eigenvalue weighted by molar-refractivity contribution is 6.30. The predicted molar refractivity (Wildman–Crippen MR) is 109 cm³/mol. The first-order valence-corrected chi connectivity index (χ1v) is 9.35. The second-order valence-corrected chi connectivity index (χ2v) is 6.91. The van der Waals surface area contributed by atoms with Gasteiger partial charge in [-0.2, -0.15) is 14.6 Å². The van der Waals surface area contributed by atoms with Gasteiger partial charge in [-0.25, -0.2) is 4.98 Å². The number of hydrogen-bond donors (Lipinski definition) is 1. The van der Waals surface area contributed by atoms with Gasteiger partial charge in [0.05, 0.1) is 18.3 Å². The summed E-state index contributed by atoms with van der Waals surface area (Å²) in [5, 5.41) is 8.66. The van der Waals surface area contributed by atoms with E-state index in [2.05, 4.69) is 32.5 Å². The number of anilines is 1. The number of rotatable bonds is 7. The van der Waals surface area contributed by atoms with E-state index in [9.17, 15) is 0 Å². The highest BCUT2D eigenvalue weighted by atomic mass is 35.5. The summed E-state index contributed by atoms with van der Waals surface area (Å²) in [5.41, 5.74) is 3.16. The van der Waals surface area contributed by atoms with Crippen LogP contribution in [0.1, 0.15) is 22.9 Å². The van der Waals surface area contributed by atoms with Gasteiger partial charge in [0.1, 0.15) is 12.1 Å². The van der Waals surface area contributed by atoms with Crippen LogP contribution >= 0.6 is 11.6 Å². The molecule has 0 aliphatic rings. The van der Waals surface area contributed by atoms with Crippen LogP contribution in [0.3, 0.4) is 0 Å². The van der Waals surface area contributed by atoms with Crippen LogP contribution in [-0.2, 0) is 17.8 Å². The topological polar surface area (TPSA) is 64.3 Å². The van der Waals surface area contributed by atoms with Gasteiger partial charge in [0.2, 0.25) is 0 Å². The molecule has 7 heteroatoms. The van der Waals surface area contributed by atoms with Crippen LogP contribution in [0, 0.1) is 0 Å². The Labute approximate surface area is 168 Å². The number of halogens is 1. The molecule has 1 unspecified atom stereocenters. The maximum Gasteiger partial charge on any atom is 0.254 e. The first kappa shape index (κ1) is 18.4. The molecular formula is C21H20ClN5O. The van der Waals surface area contributed by atoms with E-state index in [1.165, 1.54) is 17.5 Å². The van der Waals surface area contributed by atoms with Gasteiger partial charge in [0.25, 0.3) is 5.78 Å². The van der Waals surface area contributed by atoms with Crippen molar-refractivity contribution >= 4 is 23.2 Å². The van der Waals surface area contributed by atoms with E-state index in [0.717, 1.165) is 23.0 Å². The van der Waals surface area contributed by atoms with Gasteiger partial charge in [0.15, 0.2) is 0 Å². The number of nitrogens with zero attached hydrogens (tertiary/aromatic N) is 4. The summed E-state index contributed by atoms with van der Waals surface area (Å²) >= 11 is 6.04. The Morgan fingerprint density at radius 1 is 1.11 bits per heavy atom. The van der Waals surface area contributed by atoms with Gasteiger partial charge in [0, 0.05) is 18.2 Å². The third-order valence-corrected chi connectivity index (χ3v) is 4.73. The van der Waals surface area contributed by atoms with E-state index >= 15 is 0 Å². The standard InChI is InChI=1S/C21H20ClN5O/c1-28-13-18-12-20(27-21(25-18)23-14-24-27)26-19(16-5-3-2-4-6-16)11-15-7-9-17(22)10-8-15/h2-10,12,14,19,26H,11,13H2,1H3. The number of hydrogen-bond acceptors (Lipinski definition) is 5. The summed E-state index contributed by atoms with van der Waals surface area (Å²) in [6.07, 6.45) is 2.29. The van der Waals surface area contributed by atoms with Crippen molar-refractivity contribution in [1.82, 2.24) is 19.6 Å². The first-order valence-electron chi connectivity index (χ1n) is 8.97. The fourth-order valence-corrected chi connectivity index (χ4v) is 3.28. The lowest BCUT2D eigenvalue weighted by Gasteiger charge is -2.21. The van der Waals surface area contributed by atoms with Crippen molar-refractivity contribution in [2.24, 2.45) is 0 Å². The molecular weight excluding hydrogens is 374 g/mol. The van der Waals surface area contributed by atoms with Crippen LogP contribution in [-0.4, -0.2) is 26.7 Å². The number of ether oxygens (including phenoxy) is 1. The van der Waals surface area contributed by atoms with Crippen LogP contribution in [0.4, 0.5) is 5.82 Å². The lowest BCUT2D eigenvalue weighted by Crippen LogP contribution is -2.17. The molecule has 0 saturated carbocycles. The van der Waals surface area contributed by atoms with Crippen molar-refractivity contribution < 1.29 is 4.74 Å². The molecule has 4 rings (SSSR count). The van der Waals surface area contributed by atoms with Gasteiger partial charge in [-0.1, -0.05) is 54.1 Å². The highest BCUT2D eigenvalue weighted by Crippen LogP contribution is 2.25. The fourth-order valence-electron chi connectivity index (χ4n) is 3.16. The number of nitrogens with one attached hydrogen (secondary N) is 1. The molecule has 0 saturated heterocycles. The Bertz CT molecular complexity index is 1050. The quantitative estimate of drug-likeness (QED) is 0.506. The summed E-state index contributed by atoms with van der Waals surface area (Å²) in [5.74, 6) is 1.35. The van der Waals surface area contributed by atoms with Gasteiger partial charge >= 0.3 is 0 Å². The average Bonchev–Trinajstić information content (AvgIpc) is 3.19. The summed E-state index contributed by atoms with van der Waals surface area (Å²) in [4.78, 5) is 8.70. The third-order valence-electron chi connectivity index (χ3n) is 4.47. The summed E-state index contributed by atoms with van der Waals surface area (Å²) < 4.78 is 6.95. The molecule has 2 aromatic carbocycles. The highest BCUT2D eigenvalue weighted by Gasteiger charge is 2.16. The third kappa shape index (κ3) is 4.13. The Morgan fingerprint density at radius 2 is 1.89 bits per heavy atom. The number of benzene rings is 2. The zero-order chi connectivity index (χ0) is 19.3. The number of methoxy groups -OCH3 is 1. The number of aromatic nitrogens is 4. The molecule has 0 radical (unpaired) electrons. The van der Waals surface area contributed by atoms with Crippen molar-refractivity contribution in [3.05, 3.63) is 88.8 Å². The molecule has 0 aliphatic heterocycles. The fraction of sp³-hybridized carbons (Fsp3) is 0.190. The van der Waals surface area contributed by atoms with Crippen molar-refractivity contribution in [3.8, 4) is 0 Å². The van der Waals surface area contributed by atoms with Gasteiger partial charge in [-0.05, 0) is 29.7 Å². The van der Waals surface area contributed by atoms with Crippen LogP contribution in [0.15, 0.2) is 67.0 Å². The molecule has 1 N–H and O–H groups in total. The maximum absolute atomic E-state index is 6.04. The molecule has 28 heavy (non-hydrogen) atoms. The van der Waals surface area contributed by atoms with Crippen LogP contribution in [0.5, 0.6) is 0 Å². The van der Waals surface area contributed by atoms with Gasteiger partial charge in [-0.15, -0.1) is 0 Å². The molecule has 6 nitrogen and oxygen atoms in total. The molecule has 2 aromatic heterocycles. The normalized spacial score (nSPS) is 12.2. The van der Waals surface area contributed by atoms with Gasteiger partial charge in [-0.3, -0.25) is 0 Å². The van der Waals surface area contributed by atoms with E-state index in [-0.39, 0.29) is 6.04 Å². The molecule has 2 heterocycles. The van der Waals surface area contributed by atoms with E-state index in [1.54, 1.807) is 11.6 Å². The molecule has 0 bridgehead atoms. The molecule has 0 spiro atoms.